The molecular formula is C20H14N2O4. The van der Waals surface area contributed by atoms with Gasteiger partial charge in [0.2, 0.25) is 0 Å². The predicted molar refractivity (Wildman–Crippen MR) is 96.1 cm³/mol. The lowest BCUT2D eigenvalue weighted by atomic mass is 10.1. The number of carbonyl (C=O) groups is 1. The van der Waals surface area contributed by atoms with E-state index in [9.17, 15) is 14.7 Å². The first-order valence-electron chi connectivity index (χ1n) is 8.00. The Morgan fingerprint density at radius 2 is 2.00 bits per heavy atom. The molecule has 4 rings (SSSR count). The molecular weight excluding hydrogens is 332 g/mol. The number of para-hydroxylation sites is 1. The number of aliphatic hydroxyl groups is 1. The Balaban J connectivity index is 1.90. The highest BCUT2D eigenvalue weighted by Crippen LogP contribution is 2.16. The molecule has 0 radical (unpaired) electrons. The van der Waals surface area contributed by atoms with Crippen molar-refractivity contribution in [1.29, 1.82) is 0 Å². The maximum atomic E-state index is 12.9. The predicted octanol–water partition coefficient (Wildman–Crippen LogP) is 1.47. The average molecular weight is 346 g/mol. The fourth-order valence-electron chi connectivity index (χ4n) is 2.89. The maximum absolute atomic E-state index is 12.9. The van der Waals surface area contributed by atoms with Crippen LogP contribution in [0.2, 0.25) is 0 Å². The smallest absolute Gasteiger partial charge is 0.200 e. The molecule has 2 heterocycles. The molecule has 3 aromatic rings. The zero-order valence-corrected chi connectivity index (χ0v) is 13.6. The number of aliphatic hydroxyl groups excluding tert-OH is 1. The molecule has 0 saturated heterocycles. The van der Waals surface area contributed by atoms with Crippen molar-refractivity contribution in [2.75, 3.05) is 0 Å². The molecule has 0 saturated carbocycles. The number of aromatic nitrogens is 2. The van der Waals surface area contributed by atoms with Crippen LogP contribution in [0, 0.1) is 0 Å². The highest BCUT2D eigenvalue weighted by atomic mass is 16.3. The Labute approximate surface area is 147 Å². The van der Waals surface area contributed by atoms with Crippen molar-refractivity contribution >= 4 is 17.9 Å². The van der Waals surface area contributed by atoms with Crippen LogP contribution in [0.4, 0.5) is 0 Å². The van der Waals surface area contributed by atoms with E-state index >= 15 is 0 Å². The van der Waals surface area contributed by atoms with Crippen LogP contribution in [0.5, 0.6) is 0 Å². The second kappa shape index (κ2) is 6.33. The Morgan fingerprint density at radius 1 is 1.19 bits per heavy atom. The molecule has 2 aromatic heterocycles. The standard InChI is InChI=1S/C20H14N2O4/c23-11-16-18(24)8-4-7-15-19(25)17(12-26-20(15)16)13-9-21-22(10-13)14-5-2-1-3-6-14/h1-3,5-12,24H,4H2. The first-order chi connectivity index (χ1) is 12.7. The highest BCUT2D eigenvalue weighted by Gasteiger charge is 2.15. The van der Waals surface area contributed by atoms with E-state index in [0.29, 0.717) is 23.8 Å². The molecule has 0 aliphatic heterocycles. The lowest BCUT2D eigenvalue weighted by Gasteiger charge is -2.00. The minimum atomic E-state index is -0.277. The van der Waals surface area contributed by atoms with Crippen molar-refractivity contribution in [1.82, 2.24) is 9.78 Å². The van der Waals surface area contributed by atoms with Gasteiger partial charge in [-0.2, -0.15) is 5.10 Å². The molecule has 1 aliphatic rings. The van der Waals surface area contributed by atoms with Gasteiger partial charge in [-0.3, -0.25) is 9.59 Å². The third-order valence-corrected chi connectivity index (χ3v) is 4.21. The summed E-state index contributed by atoms with van der Waals surface area (Å²) < 4.78 is 7.21. The van der Waals surface area contributed by atoms with E-state index in [1.165, 1.54) is 12.3 Å². The molecule has 1 aliphatic carbocycles. The van der Waals surface area contributed by atoms with Crippen molar-refractivity contribution in [3.05, 3.63) is 81.7 Å². The molecule has 0 bridgehead atoms. The van der Waals surface area contributed by atoms with Crippen LogP contribution in [-0.4, -0.2) is 21.2 Å². The van der Waals surface area contributed by atoms with Crippen LogP contribution in [0.3, 0.4) is 0 Å². The summed E-state index contributed by atoms with van der Waals surface area (Å²) in [5.41, 5.74) is 1.59. The first kappa shape index (κ1) is 15.8. The van der Waals surface area contributed by atoms with E-state index in [1.807, 2.05) is 30.3 Å². The van der Waals surface area contributed by atoms with Crippen molar-refractivity contribution in [2.45, 2.75) is 6.42 Å². The van der Waals surface area contributed by atoms with Crippen LogP contribution in [0.1, 0.15) is 6.42 Å². The fraction of sp³-hybridized carbons (Fsp3) is 0.0500. The Hall–Kier alpha value is -3.67. The molecule has 0 atom stereocenters. The van der Waals surface area contributed by atoms with Gasteiger partial charge in [-0.1, -0.05) is 24.3 Å². The molecule has 0 spiro atoms. The van der Waals surface area contributed by atoms with Gasteiger partial charge in [0, 0.05) is 11.8 Å². The largest absolute Gasteiger partial charge is 0.507 e. The number of fused-ring (bicyclic) bond motifs is 1. The zero-order chi connectivity index (χ0) is 18.1. The number of benzene rings is 1. The molecule has 1 N–H and O–H groups in total. The minimum absolute atomic E-state index is 0.0302. The second-order valence-corrected chi connectivity index (χ2v) is 5.79. The minimum Gasteiger partial charge on any atom is -0.507 e. The van der Waals surface area contributed by atoms with E-state index in [1.54, 1.807) is 23.2 Å². The Morgan fingerprint density at radius 3 is 2.77 bits per heavy atom. The first-order valence-corrected chi connectivity index (χ1v) is 8.00. The van der Waals surface area contributed by atoms with Gasteiger partial charge < -0.3 is 9.52 Å². The summed E-state index contributed by atoms with van der Waals surface area (Å²) in [5.74, 6) is -0.192. The number of rotatable bonds is 3. The fourth-order valence-corrected chi connectivity index (χ4v) is 2.89. The van der Waals surface area contributed by atoms with Gasteiger partial charge in [-0.25, -0.2) is 4.68 Å². The second-order valence-electron chi connectivity index (χ2n) is 5.79. The summed E-state index contributed by atoms with van der Waals surface area (Å²) >= 11 is 0. The molecule has 0 fully saturated rings. The average Bonchev–Trinajstić information content (AvgIpc) is 3.08. The van der Waals surface area contributed by atoms with Gasteiger partial charge in [-0.15, -0.1) is 0 Å². The number of hydrogen-bond donors (Lipinski definition) is 1. The normalized spacial score (nSPS) is 13.4. The van der Waals surface area contributed by atoms with Crippen LogP contribution >= 0.6 is 0 Å². The lowest BCUT2D eigenvalue weighted by Crippen LogP contribution is -2.40. The molecule has 1 aromatic carbocycles. The van der Waals surface area contributed by atoms with E-state index in [-0.39, 0.29) is 27.4 Å². The maximum Gasteiger partial charge on any atom is 0.200 e. The summed E-state index contributed by atoms with van der Waals surface area (Å²) in [6, 6.07) is 9.53. The van der Waals surface area contributed by atoms with E-state index in [2.05, 4.69) is 5.10 Å². The Kier molecular flexibility index (Phi) is 3.85. The number of nitrogens with zero attached hydrogens (tertiary/aromatic N) is 2. The van der Waals surface area contributed by atoms with Crippen LogP contribution in [-0.2, 0) is 4.79 Å². The van der Waals surface area contributed by atoms with E-state index in [0.717, 1.165) is 5.69 Å². The summed E-state index contributed by atoms with van der Waals surface area (Å²) in [7, 11) is 0. The van der Waals surface area contributed by atoms with Crippen LogP contribution < -0.4 is 16.1 Å². The van der Waals surface area contributed by atoms with Gasteiger partial charge in [0.25, 0.3) is 0 Å². The van der Waals surface area contributed by atoms with Gasteiger partial charge >= 0.3 is 0 Å². The number of aldehydes is 1. The molecule has 0 amide bonds. The van der Waals surface area contributed by atoms with Crippen molar-refractivity contribution in [3.63, 3.8) is 0 Å². The summed E-state index contributed by atoms with van der Waals surface area (Å²) in [6.45, 7) is 0. The highest BCUT2D eigenvalue weighted by molar-refractivity contribution is 6.04. The monoisotopic (exact) mass is 346 g/mol. The number of allylic oxidation sites excluding steroid dienone is 2. The molecule has 0 unspecified atom stereocenters. The third-order valence-electron chi connectivity index (χ3n) is 4.21. The van der Waals surface area contributed by atoms with E-state index in [4.69, 9.17) is 4.42 Å². The number of hydrogen-bond acceptors (Lipinski definition) is 5. The van der Waals surface area contributed by atoms with Crippen molar-refractivity contribution in [3.8, 4) is 16.8 Å². The zero-order valence-electron chi connectivity index (χ0n) is 13.6. The van der Waals surface area contributed by atoms with Crippen molar-refractivity contribution < 1.29 is 14.3 Å². The van der Waals surface area contributed by atoms with Gasteiger partial charge in [0.1, 0.15) is 12.0 Å². The SMILES string of the molecule is O=CC1=c2occ(-c3cnn(-c4ccccc4)c3)c(=O)c2=CCC=C1O. The third kappa shape index (κ3) is 2.57. The summed E-state index contributed by atoms with van der Waals surface area (Å²) in [6.07, 6.45) is 8.54. The van der Waals surface area contributed by atoms with Crippen LogP contribution in [0.25, 0.3) is 28.5 Å². The lowest BCUT2D eigenvalue weighted by molar-refractivity contribution is -0.103. The Bertz CT molecular complexity index is 1200. The molecule has 128 valence electrons. The van der Waals surface area contributed by atoms with Crippen LogP contribution in [0.15, 0.2) is 70.0 Å². The quantitative estimate of drug-likeness (QED) is 0.726. The molecule has 6 heteroatoms. The van der Waals surface area contributed by atoms with Crippen molar-refractivity contribution in [2.24, 2.45) is 0 Å². The van der Waals surface area contributed by atoms with Gasteiger partial charge in [-0.05, 0) is 24.6 Å². The van der Waals surface area contributed by atoms with Gasteiger partial charge in [0.05, 0.1) is 28.2 Å². The van der Waals surface area contributed by atoms with Gasteiger partial charge in [0.15, 0.2) is 17.1 Å². The topological polar surface area (TPSA) is 85.3 Å². The van der Waals surface area contributed by atoms with E-state index < -0.39 is 0 Å². The molecule has 6 nitrogen and oxygen atoms in total. The summed E-state index contributed by atoms with van der Waals surface area (Å²) in [5, 5.41) is 14.5. The summed E-state index contributed by atoms with van der Waals surface area (Å²) in [4.78, 5) is 24.2. The molecule has 26 heavy (non-hydrogen) atoms. The number of carbonyl (C=O) groups excluding carboxylic acids is 1.